The Bertz CT molecular complexity index is 1160. The standard InChI is InChI=1S/C27H33N5O2/c1-2-29-12-10-24(19-29)34-23-7-5-20(6-8-23)22-17-26-25(9-11-28-32(26)18-22)30-13-15-31(16-14-30)27(33)21-3-4-21/h5-9,11,17-18,21,24H,2-4,10,12-16,19H2,1H3. The quantitative estimate of drug-likeness (QED) is 0.565. The fourth-order valence-corrected chi connectivity index (χ4v) is 5.28. The van der Waals surface area contributed by atoms with E-state index < -0.39 is 0 Å². The minimum absolute atomic E-state index is 0.287. The number of amides is 1. The third-order valence-corrected chi connectivity index (χ3v) is 7.51. The Balaban J connectivity index is 1.16. The van der Waals surface area contributed by atoms with Crippen molar-refractivity contribution in [2.24, 2.45) is 5.92 Å². The van der Waals surface area contributed by atoms with Crippen molar-refractivity contribution in [1.82, 2.24) is 19.4 Å². The van der Waals surface area contributed by atoms with Gasteiger partial charge in [0.15, 0.2) is 0 Å². The van der Waals surface area contributed by atoms with Gasteiger partial charge in [-0.1, -0.05) is 19.1 Å². The first-order chi connectivity index (χ1) is 16.7. The molecule has 2 aromatic heterocycles. The van der Waals surface area contributed by atoms with Crippen LogP contribution in [0.15, 0.2) is 48.8 Å². The molecule has 3 aliphatic rings. The molecule has 3 aromatic rings. The van der Waals surface area contributed by atoms with E-state index in [2.05, 4.69) is 64.4 Å². The van der Waals surface area contributed by atoms with E-state index in [4.69, 9.17) is 4.74 Å². The van der Waals surface area contributed by atoms with Crippen molar-refractivity contribution in [2.45, 2.75) is 32.3 Å². The Morgan fingerprint density at radius 2 is 1.79 bits per heavy atom. The molecule has 1 aromatic carbocycles. The molecule has 1 aliphatic carbocycles. The van der Waals surface area contributed by atoms with Crippen LogP contribution in [0.25, 0.3) is 16.6 Å². The van der Waals surface area contributed by atoms with Gasteiger partial charge >= 0.3 is 0 Å². The van der Waals surface area contributed by atoms with Crippen LogP contribution in [-0.4, -0.2) is 77.2 Å². The van der Waals surface area contributed by atoms with E-state index in [9.17, 15) is 4.79 Å². The number of likely N-dealkylation sites (tertiary alicyclic amines) is 1. The maximum Gasteiger partial charge on any atom is 0.225 e. The summed E-state index contributed by atoms with van der Waals surface area (Å²) in [5.74, 6) is 1.59. The molecular weight excluding hydrogens is 426 g/mol. The minimum atomic E-state index is 0.287. The van der Waals surface area contributed by atoms with Crippen molar-refractivity contribution in [3.63, 3.8) is 0 Å². The van der Waals surface area contributed by atoms with Crippen LogP contribution in [-0.2, 0) is 4.79 Å². The van der Waals surface area contributed by atoms with E-state index in [0.29, 0.717) is 11.8 Å². The lowest BCUT2D eigenvalue weighted by Gasteiger charge is -2.36. The largest absolute Gasteiger partial charge is 0.489 e. The molecule has 0 radical (unpaired) electrons. The maximum atomic E-state index is 12.4. The topological polar surface area (TPSA) is 53.3 Å². The van der Waals surface area contributed by atoms with Crippen LogP contribution in [0, 0.1) is 5.92 Å². The average molecular weight is 460 g/mol. The van der Waals surface area contributed by atoms with Gasteiger partial charge in [-0.2, -0.15) is 5.10 Å². The van der Waals surface area contributed by atoms with Gasteiger partial charge in [-0.3, -0.25) is 9.69 Å². The number of piperazine rings is 1. The lowest BCUT2D eigenvalue weighted by atomic mass is 10.1. The molecule has 7 heteroatoms. The molecule has 7 nitrogen and oxygen atoms in total. The highest BCUT2D eigenvalue weighted by Gasteiger charge is 2.34. The summed E-state index contributed by atoms with van der Waals surface area (Å²) >= 11 is 0. The lowest BCUT2D eigenvalue weighted by Crippen LogP contribution is -2.49. The average Bonchev–Trinajstić information content (AvgIpc) is 3.47. The molecule has 2 saturated heterocycles. The number of anilines is 1. The van der Waals surface area contributed by atoms with Crippen molar-refractivity contribution >= 4 is 17.1 Å². The fraction of sp³-hybridized carbons (Fsp3) is 0.481. The third-order valence-electron chi connectivity index (χ3n) is 7.51. The molecule has 0 N–H and O–H groups in total. The van der Waals surface area contributed by atoms with E-state index in [-0.39, 0.29) is 6.10 Å². The molecule has 0 bridgehead atoms. The summed E-state index contributed by atoms with van der Waals surface area (Å²) in [7, 11) is 0. The van der Waals surface area contributed by atoms with Crippen molar-refractivity contribution in [2.75, 3.05) is 50.7 Å². The number of hydrogen-bond acceptors (Lipinski definition) is 5. The van der Waals surface area contributed by atoms with Crippen molar-refractivity contribution in [3.05, 3.63) is 48.8 Å². The summed E-state index contributed by atoms with van der Waals surface area (Å²) in [6.07, 6.45) is 7.49. The molecule has 6 rings (SSSR count). The molecule has 178 valence electrons. The van der Waals surface area contributed by atoms with E-state index in [0.717, 1.165) is 87.5 Å². The van der Waals surface area contributed by atoms with E-state index >= 15 is 0 Å². The van der Waals surface area contributed by atoms with E-state index in [1.807, 2.05) is 15.6 Å². The summed E-state index contributed by atoms with van der Waals surface area (Å²) in [4.78, 5) is 19.3. The first kappa shape index (κ1) is 21.5. The maximum absolute atomic E-state index is 12.4. The molecule has 34 heavy (non-hydrogen) atoms. The number of carbonyl (C=O) groups excluding carboxylic acids is 1. The number of carbonyl (C=O) groups is 1. The van der Waals surface area contributed by atoms with Crippen LogP contribution in [0.2, 0.25) is 0 Å². The highest BCUT2D eigenvalue weighted by molar-refractivity contribution is 5.82. The zero-order chi connectivity index (χ0) is 23.1. The van der Waals surface area contributed by atoms with Gasteiger partial charge in [0, 0.05) is 63.1 Å². The van der Waals surface area contributed by atoms with Gasteiger partial charge < -0.3 is 14.5 Å². The number of fused-ring (bicyclic) bond motifs is 1. The summed E-state index contributed by atoms with van der Waals surface area (Å²) in [6.45, 7) is 8.76. The molecule has 2 aliphatic heterocycles. The van der Waals surface area contributed by atoms with Crippen LogP contribution in [0.4, 0.5) is 5.69 Å². The molecule has 3 fully saturated rings. The second-order valence-corrected chi connectivity index (χ2v) is 9.81. The second-order valence-electron chi connectivity index (χ2n) is 9.81. The van der Waals surface area contributed by atoms with Crippen LogP contribution >= 0.6 is 0 Å². The third kappa shape index (κ3) is 4.25. The Morgan fingerprint density at radius 3 is 2.50 bits per heavy atom. The highest BCUT2D eigenvalue weighted by atomic mass is 16.5. The number of ether oxygens (including phenoxy) is 1. The van der Waals surface area contributed by atoms with Crippen molar-refractivity contribution in [3.8, 4) is 16.9 Å². The molecular formula is C27H33N5O2. The SMILES string of the molecule is CCN1CCC(Oc2ccc(-c3cc4c(N5CCN(C(=O)C6CC6)CC5)ccnn4c3)cc2)C1. The number of aromatic nitrogens is 2. The molecule has 1 saturated carbocycles. The minimum Gasteiger partial charge on any atom is -0.489 e. The van der Waals surface area contributed by atoms with Crippen LogP contribution in [0.1, 0.15) is 26.2 Å². The van der Waals surface area contributed by atoms with Gasteiger partial charge in [0.2, 0.25) is 5.91 Å². The summed E-state index contributed by atoms with van der Waals surface area (Å²) < 4.78 is 8.17. The number of hydrogen-bond donors (Lipinski definition) is 0. The molecule has 1 amide bonds. The fourth-order valence-electron chi connectivity index (χ4n) is 5.28. The zero-order valence-electron chi connectivity index (χ0n) is 19.9. The van der Waals surface area contributed by atoms with E-state index in [1.54, 1.807) is 0 Å². The van der Waals surface area contributed by atoms with Crippen molar-refractivity contribution < 1.29 is 9.53 Å². The second kappa shape index (κ2) is 8.95. The molecule has 1 atom stereocenters. The Morgan fingerprint density at radius 1 is 1.00 bits per heavy atom. The Labute approximate surface area is 200 Å². The number of likely N-dealkylation sites (N-methyl/N-ethyl adjacent to an activating group) is 1. The van der Waals surface area contributed by atoms with Crippen LogP contribution < -0.4 is 9.64 Å². The first-order valence-corrected chi connectivity index (χ1v) is 12.7. The zero-order valence-corrected chi connectivity index (χ0v) is 19.9. The Hall–Kier alpha value is -3.06. The van der Waals surface area contributed by atoms with Crippen LogP contribution in [0.3, 0.4) is 0 Å². The van der Waals surface area contributed by atoms with E-state index in [1.165, 1.54) is 5.69 Å². The number of nitrogens with zero attached hydrogens (tertiary/aromatic N) is 5. The monoisotopic (exact) mass is 459 g/mol. The van der Waals surface area contributed by atoms with Gasteiger partial charge in [0.1, 0.15) is 11.9 Å². The summed E-state index contributed by atoms with van der Waals surface area (Å²) in [5.41, 5.74) is 4.59. The predicted molar refractivity (Wildman–Crippen MR) is 133 cm³/mol. The number of benzene rings is 1. The van der Waals surface area contributed by atoms with Gasteiger partial charge in [-0.05, 0) is 55.6 Å². The van der Waals surface area contributed by atoms with Gasteiger partial charge in [0.25, 0.3) is 0 Å². The smallest absolute Gasteiger partial charge is 0.225 e. The first-order valence-electron chi connectivity index (χ1n) is 12.7. The predicted octanol–water partition coefficient (Wildman–Crippen LogP) is 3.53. The molecule has 1 unspecified atom stereocenters. The summed E-state index contributed by atoms with van der Waals surface area (Å²) in [6, 6.07) is 12.7. The van der Waals surface area contributed by atoms with Gasteiger partial charge in [-0.15, -0.1) is 0 Å². The number of rotatable bonds is 6. The van der Waals surface area contributed by atoms with Gasteiger partial charge in [0.05, 0.1) is 11.2 Å². The Kier molecular flexibility index (Phi) is 5.65. The highest BCUT2D eigenvalue weighted by Crippen LogP contribution is 2.33. The normalized spacial score (nSPS) is 21.4. The van der Waals surface area contributed by atoms with Crippen LogP contribution in [0.5, 0.6) is 5.75 Å². The molecule has 0 spiro atoms. The van der Waals surface area contributed by atoms with Crippen molar-refractivity contribution in [1.29, 1.82) is 0 Å². The van der Waals surface area contributed by atoms with Gasteiger partial charge in [-0.25, -0.2) is 4.52 Å². The summed E-state index contributed by atoms with van der Waals surface area (Å²) in [5, 5.41) is 4.55. The lowest BCUT2D eigenvalue weighted by molar-refractivity contribution is -0.132. The molecule has 4 heterocycles.